The molecule has 0 aliphatic heterocycles. The Kier molecular flexibility index (Phi) is 9.03. The molecule has 2 amide bonds. The summed E-state index contributed by atoms with van der Waals surface area (Å²) < 4.78 is 24.8. The number of halogens is 1. The van der Waals surface area contributed by atoms with Crippen molar-refractivity contribution in [3.8, 4) is 11.5 Å². The van der Waals surface area contributed by atoms with Gasteiger partial charge >= 0.3 is 0 Å². The molecule has 0 radical (unpaired) electrons. The molecule has 0 spiro atoms. The zero-order valence-electron chi connectivity index (χ0n) is 19.4. The fourth-order valence-electron chi connectivity index (χ4n) is 3.60. The highest BCUT2D eigenvalue weighted by Gasteiger charge is 2.30. The Morgan fingerprint density at radius 3 is 2.38 bits per heavy atom. The Balaban J connectivity index is 1.91. The van der Waals surface area contributed by atoms with Crippen LogP contribution in [0.15, 0.2) is 78.9 Å². The molecule has 0 fully saturated rings. The van der Waals surface area contributed by atoms with Crippen LogP contribution in [0.25, 0.3) is 0 Å². The topological polar surface area (TPSA) is 67.9 Å². The molecule has 0 bridgehead atoms. The maximum Gasteiger partial charge on any atom is 0.261 e. The third kappa shape index (κ3) is 6.81. The monoisotopic (exact) mass is 464 g/mol. The molecule has 34 heavy (non-hydrogen) atoms. The predicted molar refractivity (Wildman–Crippen MR) is 128 cm³/mol. The minimum Gasteiger partial charge on any atom is -0.497 e. The average molecular weight is 465 g/mol. The van der Waals surface area contributed by atoms with Crippen molar-refractivity contribution in [2.45, 2.75) is 25.9 Å². The van der Waals surface area contributed by atoms with Crippen LogP contribution in [-0.2, 0) is 22.6 Å². The lowest BCUT2D eigenvalue weighted by molar-refractivity contribution is -0.142. The fourth-order valence-corrected chi connectivity index (χ4v) is 3.60. The third-order valence-corrected chi connectivity index (χ3v) is 5.30. The number of likely N-dealkylation sites (N-methyl/N-ethyl adjacent to an activating group) is 1. The highest BCUT2D eigenvalue weighted by atomic mass is 19.1. The minimum atomic E-state index is -0.787. The lowest BCUT2D eigenvalue weighted by atomic mass is 10.0. The van der Waals surface area contributed by atoms with Gasteiger partial charge in [-0.15, -0.1) is 0 Å². The van der Waals surface area contributed by atoms with Crippen molar-refractivity contribution in [1.29, 1.82) is 0 Å². The van der Waals surface area contributed by atoms with Gasteiger partial charge in [-0.3, -0.25) is 9.59 Å². The van der Waals surface area contributed by atoms with Crippen molar-refractivity contribution in [1.82, 2.24) is 10.2 Å². The molecule has 0 saturated carbocycles. The van der Waals surface area contributed by atoms with Gasteiger partial charge in [-0.2, -0.15) is 0 Å². The van der Waals surface area contributed by atoms with Crippen LogP contribution in [0.4, 0.5) is 4.39 Å². The molecule has 3 rings (SSSR count). The second kappa shape index (κ2) is 12.4. The minimum absolute atomic E-state index is 0.0187. The van der Waals surface area contributed by atoms with Gasteiger partial charge in [-0.1, -0.05) is 54.6 Å². The van der Waals surface area contributed by atoms with E-state index in [-0.39, 0.29) is 18.2 Å². The number of carbonyl (C=O) groups excluding carboxylic acids is 2. The standard InChI is InChI=1S/C27H29FN2O4/c1-3-29-27(32)24(17-20-10-5-4-6-11-20)30(18-21-12-9-13-22(16-21)33-2)26(31)19-34-25-15-8-7-14-23(25)28/h4-16,24H,3,17-19H2,1-2H3,(H,29,32)/t24-/m0/s1. The summed E-state index contributed by atoms with van der Waals surface area (Å²) in [5.41, 5.74) is 1.71. The van der Waals surface area contributed by atoms with E-state index in [4.69, 9.17) is 9.47 Å². The van der Waals surface area contributed by atoms with Gasteiger partial charge in [0.2, 0.25) is 5.91 Å². The van der Waals surface area contributed by atoms with Crippen LogP contribution in [0.2, 0.25) is 0 Å². The predicted octanol–water partition coefficient (Wildman–Crippen LogP) is 3.99. The number of nitrogens with one attached hydrogen (secondary N) is 1. The summed E-state index contributed by atoms with van der Waals surface area (Å²) in [7, 11) is 1.57. The number of nitrogens with zero attached hydrogens (tertiary/aromatic N) is 1. The number of carbonyl (C=O) groups is 2. The summed E-state index contributed by atoms with van der Waals surface area (Å²) in [6, 6.07) is 21.9. The van der Waals surface area contributed by atoms with Crippen LogP contribution in [0.1, 0.15) is 18.1 Å². The van der Waals surface area contributed by atoms with Crippen molar-refractivity contribution in [2.75, 3.05) is 20.3 Å². The lowest BCUT2D eigenvalue weighted by Gasteiger charge is -2.31. The van der Waals surface area contributed by atoms with Crippen molar-refractivity contribution in [3.05, 3.63) is 95.8 Å². The van der Waals surface area contributed by atoms with E-state index in [1.807, 2.05) is 61.5 Å². The number of ether oxygens (including phenoxy) is 2. The van der Waals surface area contributed by atoms with E-state index in [2.05, 4.69) is 5.32 Å². The molecule has 0 heterocycles. The summed E-state index contributed by atoms with van der Waals surface area (Å²) in [6.45, 7) is 2.00. The number of benzene rings is 3. The first-order valence-corrected chi connectivity index (χ1v) is 11.1. The third-order valence-electron chi connectivity index (χ3n) is 5.30. The van der Waals surface area contributed by atoms with Gasteiger partial charge in [0.05, 0.1) is 7.11 Å². The van der Waals surface area contributed by atoms with Crippen LogP contribution in [0, 0.1) is 5.82 Å². The van der Waals surface area contributed by atoms with Gasteiger partial charge in [0.15, 0.2) is 18.2 Å². The Morgan fingerprint density at radius 2 is 1.68 bits per heavy atom. The van der Waals surface area contributed by atoms with Gasteiger partial charge in [0.25, 0.3) is 5.91 Å². The van der Waals surface area contributed by atoms with Crippen molar-refractivity contribution in [3.63, 3.8) is 0 Å². The Bertz CT molecular complexity index is 1090. The molecule has 0 aromatic heterocycles. The zero-order valence-corrected chi connectivity index (χ0v) is 19.4. The second-order valence-electron chi connectivity index (χ2n) is 7.69. The second-order valence-corrected chi connectivity index (χ2v) is 7.69. The van der Waals surface area contributed by atoms with E-state index in [1.165, 1.54) is 17.0 Å². The molecular formula is C27H29FN2O4. The van der Waals surface area contributed by atoms with Gasteiger partial charge in [-0.25, -0.2) is 4.39 Å². The lowest BCUT2D eigenvalue weighted by Crippen LogP contribution is -2.51. The van der Waals surface area contributed by atoms with Gasteiger partial charge in [-0.05, 0) is 42.3 Å². The van der Waals surface area contributed by atoms with E-state index >= 15 is 0 Å². The van der Waals surface area contributed by atoms with Gasteiger partial charge in [0.1, 0.15) is 11.8 Å². The van der Waals surface area contributed by atoms with Crippen LogP contribution < -0.4 is 14.8 Å². The summed E-state index contributed by atoms with van der Waals surface area (Å²) in [6.07, 6.45) is 0.322. The number of hydrogen-bond donors (Lipinski definition) is 1. The van der Waals surface area contributed by atoms with Crippen molar-refractivity contribution >= 4 is 11.8 Å². The number of hydrogen-bond acceptors (Lipinski definition) is 4. The summed E-state index contributed by atoms with van der Waals surface area (Å²) in [5.74, 6) is -0.633. The Hall–Kier alpha value is -3.87. The van der Waals surface area contributed by atoms with E-state index < -0.39 is 24.4 Å². The van der Waals surface area contributed by atoms with E-state index in [0.717, 1.165) is 11.1 Å². The van der Waals surface area contributed by atoms with Crippen LogP contribution in [-0.4, -0.2) is 43.0 Å². The van der Waals surface area contributed by atoms with Crippen LogP contribution in [0.3, 0.4) is 0 Å². The van der Waals surface area contributed by atoms with Crippen molar-refractivity contribution < 1.29 is 23.5 Å². The smallest absolute Gasteiger partial charge is 0.261 e. The molecular weight excluding hydrogens is 435 g/mol. The maximum atomic E-state index is 14.0. The van der Waals surface area contributed by atoms with Crippen molar-refractivity contribution in [2.24, 2.45) is 0 Å². The normalized spacial score (nSPS) is 11.4. The van der Waals surface area contributed by atoms with E-state index in [1.54, 1.807) is 19.2 Å². The average Bonchev–Trinajstić information content (AvgIpc) is 2.86. The largest absolute Gasteiger partial charge is 0.497 e. The molecule has 3 aromatic carbocycles. The Labute approximate surface area is 199 Å². The SMILES string of the molecule is CCNC(=O)[C@H](Cc1ccccc1)N(Cc1cccc(OC)c1)C(=O)COc1ccccc1F. The van der Waals surface area contributed by atoms with E-state index in [0.29, 0.717) is 18.7 Å². The molecule has 6 nitrogen and oxygen atoms in total. The molecule has 1 atom stereocenters. The first-order valence-electron chi connectivity index (χ1n) is 11.1. The molecule has 7 heteroatoms. The quantitative estimate of drug-likeness (QED) is 0.466. The maximum absolute atomic E-state index is 14.0. The molecule has 0 saturated heterocycles. The molecule has 3 aromatic rings. The molecule has 0 unspecified atom stereocenters. The molecule has 1 N–H and O–H groups in total. The first kappa shape index (κ1) is 24.8. The summed E-state index contributed by atoms with van der Waals surface area (Å²) >= 11 is 0. The van der Waals surface area contributed by atoms with Crippen LogP contribution >= 0.6 is 0 Å². The highest BCUT2D eigenvalue weighted by Crippen LogP contribution is 2.20. The molecule has 0 aliphatic carbocycles. The molecule has 178 valence electrons. The van der Waals surface area contributed by atoms with E-state index in [9.17, 15) is 14.0 Å². The summed E-state index contributed by atoms with van der Waals surface area (Å²) in [4.78, 5) is 28.0. The molecule has 0 aliphatic rings. The summed E-state index contributed by atoms with van der Waals surface area (Å²) in [5, 5.41) is 2.83. The fraction of sp³-hybridized carbons (Fsp3) is 0.259. The zero-order chi connectivity index (χ0) is 24.3. The number of amides is 2. The number of methoxy groups -OCH3 is 1. The highest BCUT2D eigenvalue weighted by molar-refractivity contribution is 5.88. The van der Waals surface area contributed by atoms with Gasteiger partial charge < -0.3 is 19.7 Å². The van der Waals surface area contributed by atoms with Crippen LogP contribution in [0.5, 0.6) is 11.5 Å². The number of para-hydroxylation sites is 1. The first-order chi connectivity index (χ1) is 16.5. The van der Waals surface area contributed by atoms with Gasteiger partial charge in [0, 0.05) is 19.5 Å². The Morgan fingerprint density at radius 1 is 0.971 bits per heavy atom. The number of rotatable bonds is 11.